The highest BCUT2D eigenvalue weighted by Gasteiger charge is 2.30. The predicted octanol–water partition coefficient (Wildman–Crippen LogP) is 21.2. The van der Waals surface area contributed by atoms with E-state index in [-0.39, 0.29) is 25.7 Å². The molecule has 0 amide bonds. The normalized spacial score (nSPS) is 14.1. The van der Waals surface area contributed by atoms with Crippen LogP contribution in [-0.2, 0) is 65.4 Å². The largest absolute Gasteiger partial charge is 0.472 e. The minimum atomic E-state index is -4.95. The number of hydrogen-bond donors (Lipinski definition) is 3. The van der Waals surface area contributed by atoms with Gasteiger partial charge in [-0.05, 0) is 37.5 Å². The quantitative estimate of drug-likeness (QED) is 0.0222. The molecule has 0 aromatic rings. The van der Waals surface area contributed by atoms with Gasteiger partial charge in [0.25, 0.3) is 0 Å². The van der Waals surface area contributed by atoms with E-state index in [4.69, 9.17) is 37.0 Å². The number of phosphoric ester groups is 2. The van der Waals surface area contributed by atoms with Crippen LogP contribution in [0.15, 0.2) is 0 Å². The van der Waals surface area contributed by atoms with Gasteiger partial charge in [0.1, 0.15) is 19.3 Å². The van der Waals surface area contributed by atoms with E-state index in [0.29, 0.717) is 25.7 Å². The third-order valence-electron chi connectivity index (χ3n) is 17.0. The van der Waals surface area contributed by atoms with Crippen LogP contribution in [0.25, 0.3) is 0 Å². The molecule has 92 heavy (non-hydrogen) atoms. The molecule has 3 N–H and O–H groups in total. The minimum Gasteiger partial charge on any atom is -0.462 e. The Hall–Kier alpha value is -1.94. The number of carbonyl (C=O) groups excluding carboxylic acids is 4. The molecule has 0 saturated carbocycles. The number of unbranched alkanes of at least 4 members (excludes halogenated alkanes) is 42. The van der Waals surface area contributed by atoms with E-state index in [0.717, 1.165) is 102 Å². The maximum atomic E-state index is 13.1. The molecular formula is C73H142O17P2. The average Bonchev–Trinajstić information content (AvgIpc) is 1.71. The van der Waals surface area contributed by atoms with Crippen LogP contribution in [0.3, 0.4) is 0 Å². The predicted molar refractivity (Wildman–Crippen MR) is 372 cm³/mol. The third-order valence-corrected chi connectivity index (χ3v) is 18.9. The summed E-state index contributed by atoms with van der Waals surface area (Å²) in [5, 5.41) is 10.6. The van der Waals surface area contributed by atoms with Crippen LogP contribution in [0, 0.1) is 11.8 Å². The number of phosphoric acid groups is 2. The lowest BCUT2D eigenvalue weighted by Gasteiger charge is -2.21. The maximum absolute atomic E-state index is 13.1. The summed E-state index contributed by atoms with van der Waals surface area (Å²) in [6.45, 7) is 9.57. The van der Waals surface area contributed by atoms with E-state index in [1.54, 1.807) is 0 Å². The van der Waals surface area contributed by atoms with Crippen LogP contribution in [0.5, 0.6) is 0 Å². The van der Waals surface area contributed by atoms with Gasteiger partial charge in [-0.3, -0.25) is 37.3 Å². The van der Waals surface area contributed by atoms with E-state index in [1.165, 1.54) is 193 Å². The first-order valence-electron chi connectivity index (χ1n) is 38.0. The van der Waals surface area contributed by atoms with Crippen molar-refractivity contribution in [1.29, 1.82) is 0 Å². The van der Waals surface area contributed by atoms with Gasteiger partial charge < -0.3 is 33.8 Å². The monoisotopic (exact) mass is 1350 g/mol. The lowest BCUT2D eigenvalue weighted by molar-refractivity contribution is -0.161. The molecule has 2 unspecified atom stereocenters. The Bertz CT molecular complexity index is 1790. The van der Waals surface area contributed by atoms with E-state index in [2.05, 4.69) is 41.5 Å². The number of esters is 4. The Morgan fingerprint density at radius 1 is 0.293 bits per heavy atom. The molecule has 17 nitrogen and oxygen atoms in total. The summed E-state index contributed by atoms with van der Waals surface area (Å²) in [5.41, 5.74) is 0. The number of aliphatic hydroxyl groups is 1. The second-order valence-corrected chi connectivity index (χ2v) is 30.2. The van der Waals surface area contributed by atoms with Crippen LogP contribution in [0.1, 0.15) is 375 Å². The van der Waals surface area contributed by atoms with Gasteiger partial charge in [0.15, 0.2) is 12.2 Å². The smallest absolute Gasteiger partial charge is 0.462 e. The van der Waals surface area contributed by atoms with Crippen LogP contribution in [0.4, 0.5) is 0 Å². The van der Waals surface area contributed by atoms with Crippen LogP contribution in [0.2, 0.25) is 0 Å². The zero-order valence-corrected chi connectivity index (χ0v) is 61.6. The summed E-state index contributed by atoms with van der Waals surface area (Å²) >= 11 is 0. The summed E-state index contributed by atoms with van der Waals surface area (Å²) in [4.78, 5) is 72.6. The summed E-state index contributed by atoms with van der Waals surface area (Å²) in [5.74, 6) is -0.572. The number of aliphatic hydroxyl groups excluding tert-OH is 1. The molecule has 0 fully saturated rings. The van der Waals surface area contributed by atoms with Crippen molar-refractivity contribution in [2.75, 3.05) is 39.6 Å². The molecule has 5 atom stereocenters. The van der Waals surface area contributed by atoms with Crippen molar-refractivity contribution in [3.8, 4) is 0 Å². The van der Waals surface area contributed by atoms with Gasteiger partial charge in [-0.15, -0.1) is 0 Å². The zero-order chi connectivity index (χ0) is 67.9. The molecule has 0 aromatic heterocycles. The summed E-state index contributed by atoms with van der Waals surface area (Å²) < 4.78 is 68.4. The van der Waals surface area contributed by atoms with Gasteiger partial charge in [0.05, 0.1) is 26.4 Å². The van der Waals surface area contributed by atoms with Gasteiger partial charge >= 0.3 is 39.5 Å². The summed E-state index contributed by atoms with van der Waals surface area (Å²) in [6, 6.07) is 0. The lowest BCUT2D eigenvalue weighted by Crippen LogP contribution is -2.30. The highest BCUT2D eigenvalue weighted by Crippen LogP contribution is 2.45. The number of hydrogen-bond acceptors (Lipinski definition) is 15. The molecular weight excluding hydrogens is 1210 g/mol. The molecule has 0 saturated heterocycles. The molecule has 0 aliphatic heterocycles. The van der Waals surface area contributed by atoms with Gasteiger partial charge in [-0.2, -0.15) is 0 Å². The fourth-order valence-corrected chi connectivity index (χ4v) is 12.7. The summed E-state index contributed by atoms with van der Waals surface area (Å²) in [7, 11) is -9.90. The second-order valence-electron chi connectivity index (χ2n) is 27.3. The minimum absolute atomic E-state index is 0.107. The van der Waals surface area contributed by atoms with Crippen molar-refractivity contribution in [3.63, 3.8) is 0 Å². The lowest BCUT2D eigenvalue weighted by atomic mass is 10.0. The van der Waals surface area contributed by atoms with Crippen LogP contribution >= 0.6 is 15.6 Å². The number of rotatable bonds is 72. The Morgan fingerprint density at radius 3 is 0.739 bits per heavy atom. The average molecular weight is 1350 g/mol. The molecule has 0 aliphatic carbocycles. The van der Waals surface area contributed by atoms with Crippen molar-refractivity contribution in [3.05, 3.63) is 0 Å². The molecule has 0 bridgehead atoms. The number of carbonyl (C=O) groups is 4. The Kier molecular flexibility index (Phi) is 63.7. The van der Waals surface area contributed by atoms with Crippen molar-refractivity contribution in [1.82, 2.24) is 0 Å². The van der Waals surface area contributed by atoms with Crippen molar-refractivity contribution >= 4 is 39.5 Å². The SMILES string of the molecule is CCCCCCCCCCCCCCC(=O)O[C@H](COC(=O)CCCCCCCCCCCC)COP(=O)(O)OC[C@H](O)COP(=O)(O)OC[C@@H](COC(=O)CCCCCCCCCCCC(C)C)OC(=O)CCCCCCCCCCCCCCCCCC(C)C. The van der Waals surface area contributed by atoms with Gasteiger partial charge in [0, 0.05) is 25.7 Å². The first-order valence-corrected chi connectivity index (χ1v) is 41.0. The molecule has 19 heteroatoms. The van der Waals surface area contributed by atoms with E-state index < -0.39 is 97.5 Å². The van der Waals surface area contributed by atoms with Gasteiger partial charge in [-0.25, -0.2) is 9.13 Å². The Labute approximate surface area is 562 Å². The first-order chi connectivity index (χ1) is 44.4. The van der Waals surface area contributed by atoms with E-state index in [1.807, 2.05) is 0 Å². The molecule has 0 radical (unpaired) electrons. The fraction of sp³-hybridized carbons (Fsp3) is 0.945. The molecule has 0 heterocycles. The van der Waals surface area contributed by atoms with Crippen LogP contribution < -0.4 is 0 Å². The van der Waals surface area contributed by atoms with Crippen molar-refractivity contribution in [2.24, 2.45) is 11.8 Å². The number of ether oxygens (including phenoxy) is 4. The van der Waals surface area contributed by atoms with Gasteiger partial charge in [0.2, 0.25) is 0 Å². The topological polar surface area (TPSA) is 237 Å². The van der Waals surface area contributed by atoms with Gasteiger partial charge in [-0.1, -0.05) is 324 Å². The second kappa shape index (κ2) is 65.0. The maximum Gasteiger partial charge on any atom is 0.472 e. The fourth-order valence-electron chi connectivity index (χ4n) is 11.1. The Balaban J connectivity index is 5.23. The highest BCUT2D eigenvalue weighted by atomic mass is 31.2. The molecule has 546 valence electrons. The zero-order valence-electron chi connectivity index (χ0n) is 59.9. The molecule has 0 spiro atoms. The standard InChI is InChI=1S/C73H142O17P2/c1-7-9-11-13-15-17-19-26-32-39-45-51-57-72(77)89-68(61-83-70(75)55-49-43-37-31-18-16-14-12-10-8-2)63-87-91(79,80)85-59-67(74)60-86-92(81,82)88-64-69(62-84-71(76)56-50-44-38-34-28-30-36-42-48-54-66(5)6)90-73(78)58-52-46-40-33-27-24-22-20-21-23-25-29-35-41-47-53-65(3)4/h65-69,74H,7-64H2,1-6H3,(H,79,80)(H,81,82)/t67-,68+,69+/m0/s1. The highest BCUT2D eigenvalue weighted by molar-refractivity contribution is 7.47. The summed E-state index contributed by atoms with van der Waals surface area (Å²) in [6.07, 6.45) is 51.2. The van der Waals surface area contributed by atoms with E-state index in [9.17, 15) is 43.2 Å². The van der Waals surface area contributed by atoms with Crippen LogP contribution in [-0.4, -0.2) is 96.7 Å². The van der Waals surface area contributed by atoms with Crippen molar-refractivity contribution in [2.45, 2.75) is 394 Å². The van der Waals surface area contributed by atoms with E-state index >= 15 is 0 Å². The molecule has 0 rings (SSSR count). The first kappa shape index (κ1) is 90.1. The Morgan fingerprint density at radius 2 is 0.500 bits per heavy atom. The molecule has 0 aliphatic rings. The van der Waals surface area contributed by atoms with Crippen molar-refractivity contribution < 1.29 is 80.2 Å². The third kappa shape index (κ3) is 66.7. The molecule has 0 aromatic carbocycles.